The first-order valence-corrected chi connectivity index (χ1v) is 10.0. The number of anilines is 3. The fourth-order valence-electron chi connectivity index (χ4n) is 4.00. The summed E-state index contributed by atoms with van der Waals surface area (Å²) in [4.78, 5) is 14.5. The fourth-order valence-corrected chi connectivity index (χ4v) is 4.00. The Bertz CT molecular complexity index is 954. The van der Waals surface area contributed by atoms with Crippen LogP contribution in [0.15, 0.2) is 60.7 Å². The lowest BCUT2D eigenvalue weighted by molar-refractivity contribution is 0.122. The highest BCUT2D eigenvalue weighted by molar-refractivity contribution is 5.70. The molecule has 0 bridgehead atoms. The van der Waals surface area contributed by atoms with Gasteiger partial charge in [-0.05, 0) is 24.5 Å². The van der Waals surface area contributed by atoms with Gasteiger partial charge in [-0.15, -0.1) is 0 Å². The van der Waals surface area contributed by atoms with Gasteiger partial charge in [0, 0.05) is 37.0 Å². The number of aryl methyl sites for hydroxylation is 1. The number of rotatable bonds is 3. The second kappa shape index (κ2) is 7.60. The smallest absolute Gasteiger partial charge is 0.163 e. The zero-order valence-electron chi connectivity index (χ0n) is 15.9. The summed E-state index contributed by atoms with van der Waals surface area (Å²) >= 11 is 0. The van der Waals surface area contributed by atoms with Crippen molar-refractivity contribution in [1.29, 1.82) is 0 Å². The number of ether oxygens (including phenoxy) is 1. The van der Waals surface area contributed by atoms with Crippen LogP contribution < -0.4 is 9.80 Å². The van der Waals surface area contributed by atoms with Crippen molar-refractivity contribution < 1.29 is 4.74 Å². The number of nitrogens with zero attached hydrogens (tertiary/aromatic N) is 4. The predicted octanol–water partition coefficient (Wildman–Crippen LogP) is 4.06. The van der Waals surface area contributed by atoms with Crippen LogP contribution >= 0.6 is 0 Å². The number of benzene rings is 2. The van der Waals surface area contributed by atoms with Crippen LogP contribution in [0.2, 0.25) is 0 Å². The maximum Gasteiger partial charge on any atom is 0.163 e. The molecule has 142 valence electrons. The van der Waals surface area contributed by atoms with Crippen LogP contribution in [0.1, 0.15) is 12.0 Å². The summed E-state index contributed by atoms with van der Waals surface area (Å²) in [5.41, 5.74) is 3.70. The quantitative estimate of drug-likeness (QED) is 0.693. The second-order valence-electron chi connectivity index (χ2n) is 7.26. The summed E-state index contributed by atoms with van der Waals surface area (Å²) < 4.78 is 5.53. The van der Waals surface area contributed by atoms with E-state index >= 15 is 0 Å². The molecule has 0 N–H and O–H groups in total. The summed E-state index contributed by atoms with van der Waals surface area (Å²) in [6.07, 6.45) is 2.26. The molecule has 0 amide bonds. The second-order valence-corrected chi connectivity index (χ2v) is 7.26. The Labute approximate surface area is 165 Å². The van der Waals surface area contributed by atoms with Crippen LogP contribution in [-0.2, 0) is 11.2 Å². The van der Waals surface area contributed by atoms with E-state index in [1.807, 2.05) is 18.2 Å². The Kier molecular flexibility index (Phi) is 4.67. The van der Waals surface area contributed by atoms with Gasteiger partial charge in [-0.1, -0.05) is 48.5 Å². The monoisotopic (exact) mass is 372 g/mol. The van der Waals surface area contributed by atoms with E-state index in [-0.39, 0.29) is 0 Å². The minimum atomic E-state index is 0.743. The largest absolute Gasteiger partial charge is 0.378 e. The van der Waals surface area contributed by atoms with E-state index in [4.69, 9.17) is 14.7 Å². The SMILES string of the molecule is c1ccc(-c2nc(N3CCOCC3)cc(N3CCCc4ccccc43)n2)cc1. The van der Waals surface area contributed by atoms with Gasteiger partial charge in [-0.3, -0.25) is 0 Å². The van der Waals surface area contributed by atoms with Gasteiger partial charge in [0.1, 0.15) is 11.6 Å². The molecular formula is C23H24N4O. The first-order chi connectivity index (χ1) is 13.9. The molecule has 2 aliphatic heterocycles. The number of hydrogen-bond donors (Lipinski definition) is 0. The number of aromatic nitrogens is 2. The minimum absolute atomic E-state index is 0.743. The Morgan fingerprint density at radius 3 is 2.39 bits per heavy atom. The summed E-state index contributed by atoms with van der Waals surface area (Å²) in [5, 5.41) is 0. The van der Waals surface area contributed by atoms with Gasteiger partial charge in [0.15, 0.2) is 5.82 Å². The molecule has 1 saturated heterocycles. The van der Waals surface area contributed by atoms with Crippen molar-refractivity contribution >= 4 is 17.3 Å². The number of fused-ring (bicyclic) bond motifs is 1. The van der Waals surface area contributed by atoms with Crippen LogP contribution in [0.3, 0.4) is 0 Å². The first kappa shape index (κ1) is 17.2. The Morgan fingerprint density at radius 1 is 0.786 bits per heavy atom. The van der Waals surface area contributed by atoms with Crippen LogP contribution in [0, 0.1) is 0 Å². The average Bonchev–Trinajstić information content (AvgIpc) is 2.79. The lowest BCUT2D eigenvalue weighted by Gasteiger charge is -2.32. The van der Waals surface area contributed by atoms with E-state index in [1.54, 1.807) is 0 Å². The molecule has 5 nitrogen and oxygen atoms in total. The van der Waals surface area contributed by atoms with E-state index in [2.05, 4.69) is 52.3 Å². The van der Waals surface area contributed by atoms with E-state index in [1.165, 1.54) is 11.3 Å². The molecule has 2 aliphatic rings. The number of morpholine rings is 1. The van der Waals surface area contributed by atoms with Gasteiger partial charge in [0.05, 0.1) is 13.2 Å². The fraction of sp³-hybridized carbons (Fsp3) is 0.304. The van der Waals surface area contributed by atoms with E-state index in [9.17, 15) is 0 Å². The molecule has 5 heteroatoms. The third kappa shape index (κ3) is 3.34. The molecule has 0 spiro atoms. The summed E-state index contributed by atoms with van der Waals surface area (Å²) in [5.74, 6) is 2.74. The molecule has 0 saturated carbocycles. The highest BCUT2D eigenvalue weighted by Crippen LogP contribution is 2.34. The summed E-state index contributed by atoms with van der Waals surface area (Å²) in [6, 6.07) is 21.1. The number of para-hydroxylation sites is 1. The zero-order valence-corrected chi connectivity index (χ0v) is 15.9. The summed E-state index contributed by atoms with van der Waals surface area (Å²) in [7, 11) is 0. The molecule has 3 aromatic rings. The highest BCUT2D eigenvalue weighted by atomic mass is 16.5. The third-order valence-corrected chi connectivity index (χ3v) is 5.45. The van der Waals surface area contributed by atoms with Crippen molar-refractivity contribution in [1.82, 2.24) is 9.97 Å². The lowest BCUT2D eigenvalue weighted by atomic mass is 10.0. The molecule has 0 unspecified atom stereocenters. The topological polar surface area (TPSA) is 41.5 Å². The molecular weight excluding hydrogens is 348 g/mol. The maximum atomic E-state index is 5.53. The average molecular weight is 372 g/mol. The Morgan fingerprint density at radius 2 is 1.54 bits per heavy atom. The van der Waals surface area contributed by atoms with Gasteiger partial charge in [-0.25, -0.2) is 9.97 Å². The van der Waals surface area contributed by atoms with Crippen molar-refractivity contribution in [2.45, 2.75) is 12.8 Å². The minimum Gasteiger partial charge on any atom is -0.378 e. The standard InChI is InChI=1S/C23H24N4O/c1-2-8-19(9-3-1)23-24-21(26-13-15-28-16-14-26)17-22(25-23)27-12-6-10-18-7-4-5-11-20(18)27/h1-5,7-9,11,17H,6,10,12-16H2. The van der Waals surface area contributed by atoms with Crippen LogP contribution in [0.4, 0.5) is 17.3 Å². The third-order valence-electron chi connectivity index (χ3n) is 5.45. The summed E-state index contributed by atoms with van der Waals surface area (Å²) in [6.45, 7) is 4.19. The van der Waals surface area contributed by atoms with Gasteiger partial charge < -0.3 is 14.5 Å². The van der Waals surface area contributed by atoms with E-state index < -0.39 is 0 Å². The molecule has 1 aromatic heterocycles. The van der Waals surface area contributed by atoms with Crippen LogP contribution in [0.5, 0.6) is 0 Å². The first-order valence-electron chi connectivity index (χ1n) is 10.0. The normalized spacial score (nSPS) is 16.7. The molecule has 3 heterocycles. The van der Waals surface area contributed by atoms with Crippen molar-refractivity contribution in [3.05, 3.63) is 66.2 Å². The zero-order chi connectivity index (χ0) is 18.8. The van der Waals surface area contributed by atoms with Crippen molar-refractivity contribution in [3.8, 4) is 11.4 Å². The molecule has 5 rings (SSSR count). The van der Waals surface area contributed by atoms with Crippen LogP contribution in [-0.4, -0.2) is 42.8 Å². The van der Waals surface area contributed by atoms with Crippen molar-refractivity contribution in [3.63, 3.8) is 0 Å². The maximum absolute atomic E-state index is 5.53. The van der Waals surface area contributed by atoms with Gasteiger partial charge in [0.2, 0.25) is 0 Å². The Hall–Kier alpha value is -2.92. The van der Waals surface area contributed by atoms with Crippen LogP contribution in [0.25, 0.3) is 11.4 Å². The predicted molar refractivity (Wildman–Crippen MR) is 112 cm³/mol. The van der Waals surface area contributed by atoms with Gasteiger partial charge in [-0.2, -0.15) is 0 Å². The molecule has 1 fully saturated rings. The highest BCUT2D eigenvalue weighted by Gasteiger charge is 2.22. The van der Waals surface area contributed by atoms with Crippen molar-refractivity contribution in [2.24, 2.45) is 0 Å². The lowest BCUT2D eigenvalue weighted by Crippen LogP contribution is -2.37. The van der Waals surface area contributed by atoms with Gasteiger partial charge >= 0.3 is 0 Å². The van der Waals surface area contributed by atoms with Gasteiger partial charge in [0.25, 0.3) is 0 Å². The van der Waals surface area contributed by atoms with E-state index in [0.29, 0.717) is 0 Å². The molecule has 0 aliphatic carbocycles. The molecule has 0 atom stereocenters. The van der Waals surface area contributed by atoms with Crippen molar-refractivity contribution in [2.75, 3.05) is 42.6 Å². The van der Waals surface area contributed by atoms with E-state index in [0.717, 1.165) is 68.7 Å². The number of hydrogen-bond acceptors (Lipinski definition) is 5. The molecule has 28 heavy (non-hydrogen) atoms. The molecule has 0 radical (unpaired) electrons. The molecule has 2 aromatic carbocycles. The Balaban J connectivity index is 1.61.